The number of amides is 1. The fraction of sp³-hybridized carbons (Fsp3) is 0.917. The summed E-state index contributed by atoms with van der Waals surface area (Å²) < 4.78 is 0. The molecule has 2 rings (SSSR count). The fourth-order valence-corrected chi connectivity index (χ4v) is 2.27. The molecule has 0 aliphatic heterocycles. The van der Waals surface area contributed by atoms with Gasteiger partial charge in [-0.15, -0.1) is 0 Å². The first-order valence-corrected chi connectivity index (χ1v) is 6.25. The lowest BCUT2D eigenvalue weighted by molar-refractivity contribution is -0.120. The zero-order valence-electron chi connectivity index (χ0n) is 9.59. The Morgan fingerprint density at radius 1 is 1.27 bits per heavy atom. The van der Waals surface area contributed by atoms with Gasteiger partial charge >= 0.3 is 0 Å². The molecule has 2 saturated carbocycles. The summed E-state index contributed by atoms with van der Waals surface area (Å²) in [7, 11) is 1.70. The Labute approximate surface area is 92.0 Å². The summed E-state index contributed by atoms with van der Waals surface area (Å²) in [6.07, 6.45) is 7.31. The van der Waals surface area contributed by atoms with E-state index in [9.17, 15) is 4.79 Å². The molecule has 1 amide bonds. The van der Waals surface area contributed by atoms with Crippen LogP contribution in [-0.4, -0.2) is 25.5 Å². The van der Waals surface area contributed by atoms with E-state index < -0.39 is 0 Å². The Balaban J connectivity index is 1.57. The van der Waals surface area contributed by atoms with Gasteiger partial charge in [-0.3, -0.25) is 4.79 Å². The molecule has 0 bridgehead atoms. The van der Waals surface area contributed by atoms with E-state index in [-0.39, 0.29) is 5.91 Å². The Morgan fingerprint density at radius 2 is 1.87 bits per heavy atom. The molecule has 0 spiro atoms. The first kappa shape index (κ1) is 10.9. The van der Waals surface area contributed by atoms with Crippen LogP contribution in [0.25, 0.3) is 0 Å². The Bertz CT molecular complexity index is 210. The van der Waals surface area contributed by atoms with Crippen molar-refractivity contribution in [2.24, 2.45) is 11.8 Å². The summed E-state index contributed by atoms with van der Waals surface area (Å²) in [5.41, 5.74) is 0. The van der Waals surface area contributed by atoms with E-state index in [2.05, 4.69) is 10.6 Å². The van der Waals surface area contributed by atoms with Gasteiger partial charge in [0.05, 0.1) is 0 Å². The minimum Gasteiger partial charge on any atom is -0.359 e. The predicted octanol–water partition coefficient (Wildman–Crippen LogP) is 1.29. The smallest absolute Gasteiger partial charge is 0.219 e. The van der Waals surface area contributed by atoms with Crippen LogP contribution in [0.1, 0.15) is 38.5 Å². The first-order chi connectivity index (χ1) is 7.31. The summed E-state index contributed by atoms with van der Waals surface area (Å²) in [5.74, 6) is 2.07. The van der Waals surface area contributed by atoms with Gasteiger partial charge in [0, 0.05) is 19.5 Å². The molecule has 0 atom stereocenters. The van der Waals surface area contributed by atoms with Crippen LogP contribution in [0.5, 0.6) is 0 Å². The van der Waals surface area contributed by atoms with Crippen LogP contribution < -0.4 is 10.6 Å². The largest absolute Gasteiger partial charge is 0.359 e. The molecular weight excluding hydrogens is 188 g/mol. The number of rotatable bonds is 7. The average molecular weight is 210 g/mol. The minimum absolute atomic E-state index is 0.159. The second-order valence-corrected chi connectivity index (χ2v) is 4.93. The number of nitrogens with one attached hydrogen (secondary N) is 2. The lowest BCUT2D eigenvalue weighted by Crippen LogP contribution is -2.34. The summed E-state index contributed by atoms with van der Waals surface area (Å²) in [5, 5.41) is 6.30. The van der Waals surface area contributed by atoms with Gasteiger partial charge in [0.25, 0.3) is 0 Å². The van der Waals surface area contributed by atoms with Crippen LogP contribution in [0.3, 0.4) is 0 Å². The molecule has 2 N–H and O–H groups in total. The lowest BCUT2D eigenvalue weighted by Gasteiger charge is -2.17. The minimum atomic E-state index is 0.159. The van der Waals surface area contributed by atoms with Crippen molar-refractivity contribution < 1.29 is 4.79 Å². The molecule has 0 unspecified atom stereocenters. The molecule has 0 aromatic heterocycles. The molecular formula is C12H22N2O. The van der Waals surface area contributed by atoms with Gasteiger partial charge in [-0.1, -0.05) is 0 Å². The van der Waals surface area contributed by atoms with Gasteiger partial charge in [0.2, 0.25) is 5.91 Å². The van der Waals surface area contributed by atoms with Crippen molar-refractivity contribution in [3.8, 4) is 0 Å². The van der Waals surface area contributed by atoms with Gasteiger partial charge in [-0.25, -0.2) is 0 Å². The van der Waals surface area contributed by atoms with Crippen molar-refractivity contribution >= 4 is 5.91 Å². The first-order valence-electron chi connectivity index (χ1n) is 6.25. The van der Waals surface area contributed by atoms with Crippen molar-refractivity contribution in [2.75, 3.05) is 13.6 Å². The van der Waals surface area contributed by atoms with E-state index in [1.54, 1.807) is 7.05 Å². The topological polar surface area (TPSA) is 41.1 Å². The van der Waals surface area contributed by atoms with Gasteiger partial charge < -0.3 is 10.6 Å². The van der Waals surface area contributed by atoms with Crippen LogP contribution in [0, 0.1) is 11.8 Å². The Kier molecular flexibility index (Phi) is 3.62. The second kappa shape index (κ2) is 4.97. The number of hydrogen-bond donors (Lipinski definition) is 2. The highest BCUT2D eigenvalue weighted by molar-refractivity contribution is 5.75. The van der Waals surface area contributed by atoms with Crippen LogP contribution in [0.2, 0.25) is 0 Å². The summed E-state index contributed by atoms with van der Waals surface area (Å²) in [6.45, 7) is 1.01. The number of carbonyl (C=O) groups is 1. The standard InChI is InChI=1S/C12H22N2O/c1-13-11(15)3-2-8-14-12(9-4-5-9)10-6-7-10/h9-10,12,14H,2-8H2,1H3,(H,13,15). The van der Waals surface area contributed by atoms with Crippen molar-refractivity contribution in [3.63, 3.8) is 0 Å². The van der Waals surface area contributed by atoms with Crippen molar-refractivity contribution in [2.45, 2.75) is 44.6 Å². The van der Waals surface area contributed by atoms with Gasteiger partial charge in [-0.05, 0) is 50.5 Å². The highest BCUT2D eigenvalue weighted by atomic mass is 16.1. The molecule has 0 aromatic rings. The molecule has 86 valence electrons. The zero-order chi connectivity index (χ0) is 10.7. The molecule has 0 saturated heterocycles. The van der Waals surface area contributed by atoms with Crippen LogP contribution in [0.15, 0.2) is 0 Å². The van der Waals surface area contributed by atoms with Crippen LogP contribution >= 0.6 is 0 Å². The van der Waals surface area contributed by atoms with Gasteiger partial charge in [0.15, 0.2) is 0 Å². The van der Waals surface area contributed by atoms with Crippen molar-refractivity contribution in [1.82, 2.24) is 10.6 Å². The third kappa shape index (κ3) is 3.49. The van der Waals surface area contributed by atoms with Crippen LogP contribution in [-0.2, 0) is 4.79 Å². The Hall–Kier alpha value is -0.570. The van der Waals surface area contributed by atoms with Crippen molar-refractivity contribution in [3.05, 3.63) is 0 Å². The average Bonchev–Trinajstić information content (AvgIpc) is 3.09. The molecule has 2 fully saturated rings. The molecule has 15 heavy (non-hydrogen) atoms. The molecule has 0 aromatic carbocycles. The zero-order valence-corrected chi connectivity index (χ0v) is 9.59. The maximum Gasteiger partial charge on any atom is 0.219 e. The SMILES string of the molecule is CNC(=O)CCCNC(C1CC1)C1CC1. The highest BCUT2D eigenvalue weighted by Gasteiger charge is 2.40. The third-order valence-electron chi connectivity index (χ3n) is 3.50. The predicted molar refractivity (Wildman–Crippen MR) is 60.5 cm³/mol. The van der Waals surface area contributed by atoms with E-state index in [4.69, 9.17) is 0 Å². The van der Waals surface area contributed by atoms with E-state index in [1.807, 2.05) is 0 Å². The molecule has 0 radical (unpaired) electrons. The molecule has 2 aliphatic carbocycles. The van der Waals surface area contributed by atoms with E-state index in [1.165, 1.54) is 25.7 Å². The summed E-state index contributed by atoms with van der Waals surface area (Å²) in [6, 6.07) is 0.773. The lowest BCUT2D eigenvalue weighted by atomic mass is 10.1. The molecule has 0 heterocycles. The normalized spacial score (nSPS) is 20.7. The van der Waals surface area contributed by atoms with Gasteiger partial charge in [0.1, 0.15) is 0 Å². The van der Waals surface area contributed by atoms with Crippen molar-refractivity contribution in [1.29, 1.82) is 0 Å². The van der Waals surface area contributed by atoms with E-state index in [0.717, 1.165) is 30.8 Å². The Morgan fingerprint density at radius 3 is 2.33 bits per heavy atom. The quantitative estimate of drug-likeness (QED) is 0.622. The summed E-state index contributed by atoms with van der Waals surface area (Å²) >= 11 is 0. The third-order valence-corrected chi connectivity index (χ3v) is 3.50. The number of carbonyl (C=O) groups excluding carboxylic acids is 1. The maximum atomic E-state index is 11.0. The van der Waals surface area contributed by atoms with Crippen LogP contribution in [0.4, 0.5) is 0 Å². The highest BCUT2D eigenvalue weighted by Crippen LogP contribution is 2.44. The van der Waals surface area contributed by atoms with E-state index >= 15 is 0 Å². The monoisotopic (exact) mass is 210 g/mol. The molecule has 2 aliphatic rings. The molecule has 3 heteroatoms. The number of hydrogen-bond acceptors (Lipinski definition) is 2. The second-order valence-electron chi connectivity index (χ2n) is 4.93. The fourth-order valence-electron chi connectivity index (χ4n) is 2.27. The van der Waals surface area contributed by atoms with E-state index in [0.29, 0.717) is 6.42 Å². The van der Waals surface area contributed by atoms with Gasteiger partial charge in [-0.2, -0.15) is 0 Å². The maximum absolute atomic E-state index is 11.0. The summed E-state index contributed by atoms with van der Waals surface area (Å²) in [4.78, 5) is 11.0. The molecule has 3 nitrogen and oxygen atoms in total.